The van der Waals surface area contributed by atoms with Crippen LogP contribution in [-0.4, -0.2) is 5.91 Å². The van der Waals surface area contributed by atoms with Crippen LogP contribution in [0.25, 0.3) is 0 Å². The van der Waals surface area contributed by atoms with Crippen LogP contribution in [0.2, 0.25) is 0 Å². The number of fused-ring (bicyclic) bond motifs is 1. The highest BCUT2D eigenvalue weighted by Crippen LogP contribution is 2.44. The summed E-state index contributed by atoms with van der Waals surface area (Å²) in [6.45, 7) is 6.35. The first-order chi connectivity index (χ1) is 8.15. The molecule has 0 spiro atoms. The highest BCUT2D eigenvalue weighted by molar-refractivity contribution is 6.06. The second kappa shape index (κ2) is 4.52. The molecule has 2 rings (SSSR count). The van der Waals surface area contributed by atoms with Crippen LogP contribution in [0.3, 0.4) is 0 Å². The molecule has 2 heteroatoms. The van der Waals surface area contributed by atoms with Gasteiger partial charge >= 0.3 is 0 Å². The lowest BCUT2D eigenvalue weighted by Gasteiger charge is -2.25. The minimum Gasteiger partial charge on any atom is -0.325 e. The largest absolute Gasteiger partial charge is 0.325 e. The van der Waals surface area contributed by atoms with Crippen LogP contribution in [0.1, 0.15) is 50.7 Å². The third-order valence-corrected chi connectivity index (χ3v) is 4.02. The number of nitrogens with one attached hydrogen (secondary N) is 1. The second-order valence-electron chi connectivity index (χ2n) is 4.99. The average Bonchev–Trinajstić information content (AvgIpc) is 2.62. The van der Waals surface area contributed by atoms with Crippen molar-refractivity contribution in [3.63, 3.8) is 0 Å². The van der Waals surface area contributed by atoms with Crippen molar-refractivity contribution >= 4 is 11.6 Å². The highest BCUT2D eigenvalue weighted by Gasteiger charge is 2.44. The van der Waals surface area contributed by atoms with E-state index in [2.05, 4.69) is 44.3 Å². The number of benzene rings is 1. The molecule has 0 fully saturated rings. The van der Waals surface area contributed by atoms with Crippen molar-refractivity contribution in [1.29, 1.82) is 0 Å². The van der Waals surface area contributed by atoms with E-state index in [1.54, 1.807) is 0 Å². The fourth-order valence-electron chi connectivity index (χ4n) is 2.84. The van der Waals surface area contributed by atoms with Crippen LogP contribution in [0, 0.1) is 6.92 Å². The quantitative estimate of drug-likeness (QED) is 0.839. The second-order valence-corrected chi connectivity index (χ2v) is 4.99. The molecule has 1 heterocycles. The summed E-state index contributed by atoms with van der Waals surface area (Å²) in [6.07, 6.45) is 4.09. The molecule has 0 saturated carbocycles. The van der Waals surface area contributed by atoms with E-state index in [1.807, 2.05) is 0 Å². The fraction of sp³-hybridized carbons (Fsp3) is 0.533. The molecule has 1 aromatic rings. The minimum absolute atomic E-state index is 0.192. The van der Waals surface area contributed by atoms with Crippen LogP contribution >= 0.6 is 0 Å². The van der Waals surface area contributed by atoms with Crippen molar-refractivity contribution in [2.75, 3.05) is 5.32 Å². The molecular formula is C15H21NO. The molecule has 1 aliphatic heterocycles. The van der Waals surface area contributed by atoms with Crippen molar-refractivity contribution in [2.24, 2.45) is 0 Å². The Morgan fingerprint density at radius 1 is 1.29 bits per heavy atom. The number of amides is 1. The van der Waals surface area contributed by atoms with Crippen molar-refractivity contribution < 1.29 is 4.79 Å². The zero-order valence-corrected chi connectivity index (χ0v) is 11.0. The van der Waals surface area contributed by atoms with Crippen molar-refractivity contribution in [2.45, 2.75) is 51.9 Å². The van der Waals surface area contributed by atoms with Gasteiger partial charge in [-0.3, -0.25) is 4.79 Å². The summed E-state index contributed by atoms with van der Waals surface area (Å²) in [6, 6.07) is 6.23. The van der Waals surface area contributed by atoms with Gasteiger partial charge in [-0.05, 0) is 30.9 Å². The van der Waals surface area contributed by atoms with Gasteiger partial charge in [0, 0.05) is 5.69 Å². The number of carbonyl (C=O) groups excluding carboxylic acids is 1. The molecule has 0 saturated heterocycles. The summed E-state index contributed by atoms with van der Waals surface area (Å²) >= 11 is 0. The molecule has 0 bridgehead atoms. The van der Waals surface area contributed by atoms with E-state index >= 15 is 0 Å². The Hall–Kier alpha value is -1.31. The SMILES string of the molecule is CCCCC1(CC)C(=O)Nc2c(C)cccc21. The first-order valence-electron chi connectivity index (χ1n) is 6.57. The van der Waals surface area contributed by atoms with Crippen LogP contribution in [0.5, 0.6) is 0 Å². The third-order valence-electron chi connectivity index (χ3n) is 4.02. The molecule has 1 N–H and O–H groups in total. The topological polar surface area (TPSA) is 29.1 Å². The molecule has 1 unspecified atom stereocenters. The molecule has 1 aromatic carbocycles. The standard InChI is InChI=1S/C15H21NO/c1-4-6-10-15(5-2)12-9-7-8-11(3)13(12)16-14(15)17/h7-9H,4-6,10H2,1-3H3,(H,16,17). The van der Waals surface area contributed by atoms with Gasteiger partial charge in [0.15, 0.2) is 0 Å². The van der Waals surface area contributed by atoms with Gasteiger partial charge in [-0.25, -0.2) is 0 Å². The number of hydrogen-bond donors (Lipinski definition) is 1. The van der Waals surface area contributed by atoms with Gasteiger partial charge in [0.2, 0.25) is 5.91 Å². The number of hydrogen-bond acceptors (Lipinski definition) is 1. The first-order valence-corrected chi connectivity index (χ1v) is 6.57. The van der Waals surface area contributed by atoms with E-state index in [-0.39, 0.29) is 11.3 Å². The molecule has 0 aromatic heterocycles. The number of para-hydroxylation sites is 1. The van der Waals surface area contributed by atoms with Crippen molar-refractivity contribution in [3.05, 3.63) is 29.3 Å². The van der Waals surface area contributed by atoms with E-state index in [9.17, 15) is 4.79 Å². The normalized spacial score (nSPS) is 22.4. The van der Waals surface area contributed by atoms with Crippen LogP contribution in [-0.2, 0) is 10.2 Å². The Bertz CT molecular complexity index is 439. The predicted molar refractivity (Wildman–Crippen MR) is 71.3 cm³/mol. The van der Waals surface area contributed by atoms with Gasteiger partial charge in [-0.15, -0.1) is 0 Å². The molecule has 2 nitrogen and oxygen atoms in total. The fourth-order valence-corrected chi connectivity index (χ4v) is 2.84. The van der Waals surface area contributed by atoms with Gasteiger partial charge in [0.05, 0.1) is 5.41 Å². The number of unbranched alkanes of at least 4 members (excludes halogenated alkanes) is 1. The molecule has 1 amide bonds. The van der Waals surface area contributed by atoms with Gasteiger partial charge < -0.3 is 5.32 Å². The molecule has 92 valence electrons. The van der Waals surface area contributed by atoms with Crippen LogP contribution in [0.15, 0.2) is 18.2 Å². The summed E-state index contributed by atoms with van der Waals surface area (Å²) in [5.74, 6) is 0.192. The zero-order chi connectivity index (χ0) is 12.5. The maximum atomic E-state index is 12.3. The molecule has 0 radical (unpaired) electrons. The molecule has 0 aliphatic carbocycles. The van der Waals surface area contributed by atoms with E-state index in [0.29, 0.717) is 0 Å². The highest BCUT2D eigenvalue weighted by atomic mass is 16.2. The molecule has 17 heavy (non-hydrogen) atoms. The smallest absolute Gasteiger partial charge is 0.235 e. The van der Waals surface area contributed by atoms with Gasteiger partial charge in [-0.1, -0.05) is 44.9 Å². The molecule has 1 atom stereocenters. The number of rotatable bonds is 4. The number of anilines is 1. The summed E-state index contributed by atoms with van der Waals surface area (Å²) in [5.41, 5.74) is 3.15. The van der Waals surface area contributed by atoms with E-state index in [4.69, 9.17) is 0 Å². The monoisotopic (exact) mass is 231 g/mol. The number of carbonyl (C=O) groups is 1. The lowest BCUT2D eigenvalue weighted by Crippen LogP contribution is -2.33. The summed E-state index contributed by atoms with van der Waals surface area (Å²) in [7, 11) is 0. The average molecular weight is 231 g/mol. The Labute approximate surface area is 103 Å². The van der Waals surface area contributed by atoms with E-state index in [1.165, 1.54) is 11.1 Å². The van der Waals surface area contributed by atoms with Gasteiger partial charge in [0.25, 0.3) is 0 Å². The van der Waals surface area contributed by atoms with Gasteiger partial charge in [-0.2, -0.15) is 0 Å². The van der Waals surface area contributed by atoms with Crippen molar-refractivity contribution in [1.82, 2.24) is 0 Å². The maximum absolute atomic E-state index is 12.3. The lowest BCUT2D eigenvalue weighted by atomic mass is 9.75. The van der Waals surface area contributed by atoms with E-state index < -0.39 is 0 Å². The summed E-state index contributed by atoms with van der Waals surface area (Å²) in [4.78, 5) is 12.3. The first kappa shape index (κ1) is 12.2. The summed E-state index contributed by atoms with van der Waals surface area (Å²) < 4.78 is 0. The third kappa shape index (κ3) is 1.76. The van der Waals surface area contributed by atoms with Crippen LogP contribution in [0.4, 0.5) is 5.69 Å². The van der Waals surface area contributed by atoms with Gasteiger partial charge in [0.1, 0.15) is 0 Å². The van der Waals surface area contributed by atoms with Crippen LogP contribution < -0.4 is 5.32 Å². The summed E-state index contributed by atoms with van der Waals surface area (Å²) in [5, 5.41) is 3.08. The van der Waals surface area contributed by atoms with E-state index in [0.717, 1.165) is 31.4 Å². The minimum atomic E-state index is -0.280. The molecular weight excluding hydrogens is 210 g/mol. The Kier molecular flexibility index (Phi) is 3.23. The Morgan fingerprint density at radius 3 is 2.71 bits per heavy atom. The molecule has 1 aliphatic rings. The Balaban J connectivity index is 2.48. The number of aryl methyl sites for hydroxylation is 1. The predicted octanol–water partition coefficient (Wildman–Crippen LogP) is 3.79. The van der Waals surface area contributed by atoms with Crippen molar-refractivity contribution in [3.8, 4) is 0 Å². The zero-order valence-electron chi connectivity index (χ0n) is 11.0. The Morgan fingerprint density at radius 2 is 2.06 bits per heavy atom. The maximum Gasteiger partial charge on any atom is 0.235 e. The lowest BCUT2D eigenvalue weighted by molar-refractivity contribution is -0.121.